The zero-order valence-electron chi connectivity index (χ0n) is 11.6. The first-order valence-electron chi connectivity index (χ1n) is 6.17. The largest absolute Gasteiger partial charge is 0.506 e. The summed E-state index contributed by atoms with van der Waals surface area (Å²) in [6.45, 7) is 3.36. The van der Waals surface area contributed by atoms with Crippen LogP contribution in [0.3, 0.4) is 0 Å². The molecule has 0 atom stereocenters. The zero-order chi connectivity index (χ0) is 16.7. The Morgan fingerprint density at radius 3 is 2.00 bits per heavy atom. The van der Waals surface area contributed by atoms with E-state index in [0.717, 1.165) is 0 Å². The van der Waals surface area contributed by atoms with Crippen molar-refractivity contribution in [1.82, 2.24) is 0 Å². The van der Waals surface area contributed by atoms with E-state index in [0.29, 0.717) is 35.5 Å². The molecule has 0 fully saturated rings. The van der Waals surface area contributed by atoms with Crippen LogP contribution in [0, 0.1) is 0 Å². The Balaban J connectivity index is 2.43. The number of phenolic OH excluding ortho intramolecular Hbond substituents is 1. The molecule has 0 saturated carbocycles. The van der Waals surface area contributed by atoms with Gasteiger partial charge in [0.1, 0.15) is 11.5 Å². The van der Waals surface area contributed by atoms with Crippen LogP contribution in [0.2, 0.25) is 5.02 Å². The lowest BCUT2D eigenvalue weighted by molar-refractivity contribution is 0.0785. The molecule has 0 bridgehead atoms. The molecular formula is C15H12Br3ClO3. The van der Waals surface area contributed by atoms with Crippen molar-refractivity contribution < 1.29 is 14.9 Å². The number of halogens is 4. The highest BCUT2D eigenvalue weighted by Crippen LogP contribution is 2.42. The molecule has 0 aliphatic heterocycles. The predicted octanol–water partition coefficient (Wildman–Crippen LogP) is 6.35. The molecule has 0 unspecified atom stereocenters. The van der Waals surface area contributed by atoms with E-state index >= 15 is 0 Å². The second-order valence-corrected chi connectivity index (χ2v) is 8.14. The van der Waals surface area contributed by atoms with E-state index in [9.17, 15) is 10.2 Å². The molecule has 0 aliphatic carbocycles. The van der Waals surface area contributed by atoms with Crippen LogP contribution < -0.4 is 4.74 Å². The predicted molar refractivity (Wildman–Crippen MR) is 98.0 cm³/mol. The van der Waals surface area contributed by atoms with Gasteiger partial charge in [-0.2, -0.15) is 0 Å². The van der Waals surface area contributed by atoms with Gasteiger partial charge in [0.15, 0.2) is 5.75 Å². The van der Waals surface area contributed by atoms with Crippen molar-refractivity contribution in [3.8, 4) is 17.2 Å². The molecule has 2 N–H and O–H groups in total. The second-order valence-electron chi connectivity index (χ2n) is 5.17. The summed E-state index contributed by atoms with van der Waals surface area (Å²) in [5.41, 5.74) is -0.334. The van der Waals surface area contributed by atoms with Crippen LogP contribution in [0.5, 0.6) is 17.2 Å². The Labute approximate surface area is 158 Å². The molecule has 2 rings (SSSR count). The summed E-state index contributed by atoms with van der Waals surface area (Å²) in [4.78, 5) is 0. The van der Waals surface area contributed by atoms with E-state index in [-0.39, 0.29) is 5.75 Å². The van der Waals surface area contributed by atoms with Crippen LogP contribution in [0.1, 0.15) is 19.4 Å². The number of aromatic hydroxyl groups is 1. The Morgan fingerprint density at radius 1 is 1.00 bits per heavy atom. The quantitative estimate of drug-likeness (QED) is 0.501. The van der Waals surface area contributed by atoms with Gasteiger partial charge in [0.2, 0.25) is 0 Å². The Morgan fingerprint density at radius 2 is 1.55 bits per heavy atom. The Hall–Kier alpha value is -0.270. The van der Waals surface area contributed by atoms with Gasteiger partial charge in [-0.1, -0.05) is 11.6 Å². The number of phenols is 1. The van der Waals surface area contributed by atoms with Gasteiger partial charge < -0.3 is 14.9 Å². The maximum Gasteiger partial charge on any atom is 0.160 e. The second kappa shape index (κ2) is 6.69. The topological polar surface area (TPSA) is 49.7 Å². The van der Waals surface area contributed by atoms with E-state index in [1.807, 2.05) is 0 Å². The number of benzene rings is 2. The van der Waals surface area contributed by atoms with E-state index in [4.69, 9.17) is 16.3 Å². The van der Waals surface area contributed by atoms with Crippen molar-refractivity contribution >= 4 is 59.4 Å². The number of rotatable bonds is 3. The smallest absolute Gasteiger partial charge is 0.160 e. The van der Waals surface area contributed by atoms with Gasteiger partial charge in [0.05, 0.1) is 24.0 Å². The molecule has 2 aromatic carbocycles. The average molecular weight is 515 g/mol. The van der Waals surface area contributed by atoms with Gasteiger partial charge in [-0.25, -0.2) is 0 Å². The van der Waals surface area contributed by atoms with Gasteiger partial charge in [0, 0.05) is 0 Å². The van der Waals surface area contributed by atoms with Crippen molar-refractivity contribution in [1.29, 1.82) is 0 Å². The highest BCUT2D eigenvalue weighted by molar-refractivity contribution is 9.11. The summed E-state index contributed by atoms with van der Waals surface area (Å²) in [6, 6.07) is 6.68. The van der Waals surface area contributed by atoms with Gasteiger partial charge in [-0.15, -0.1) is 0 Å². The minimum absolute atomic E-state index is 0.0925. The molecule has 118 valence electrons. The zero-order valence-corrected chi connectivity index (χ0v) is 17.1. The molecular weight excluding hydrogens is 503 g/mol. The standard InChI is InChI=1S/C15H12Br3ClO3/c1-15(2,21)7-3-11(18)14(12(19)4-7)22-8-5-9(16)13(20)10(17)6-8/h3-6,20-21H,1-2H3. The van der Waals surface area contributed by atoms with Crippen LogP contribution in [-0.4, -0.2) is 10.2 Å². The summed E-state index contributed by atoms with van der Waals surface area (Å²) < 4.78 is 7.41. The highest BCUT2D eigenvalue weighted by atomic mass is 79.9. The van der Waals surface area contributed by atoms with Gasteiger partial charge in [0.25, 0.3) is 0 Å². The van der Waals surface area contributed by atoms with E-state index < -0.39 is 5.60 Å². The lowest BCUT2D eigenvalue weighted by Crippen LogP contribution is -2.15. The van der Waals surface area contributed by atoms with Crippen LogP contribution >= 0.6 is 59.4 Å². The summed E-state index contributed by atoms with van der Waals surface area (Å²) >= 11 is 16.2. The molecule has 0 aromatic heterocycles. The SMILES string of the molecule is CC(C)(O)c1cc(Cl)c(Oc2cc(Br)c(O)c(Br)c2)c(Br)c1. The molecule has 0 heterocycles. The molecule has 7 heteroatoms. The lowest BCUT2D eigenvalue weighted by atomic mass is 9.98. The summed E-state index contributed by atoms with van der Waals surface area (Å²) in [7, 11) is 0. The fourth-order valence-corrected chi connectivity index (χ4v) is 3.79. The molecule has 0 saturated heterocycles. The molecule has 22 heavy (non-hydrogen) atoms. The number of hydrogen-bond acceptors (Lipinski definition) is 3. The molecule has 2 aromatic rings. The van der Waals surface area contributed by atoms with Gasteiger partial charge >= 0.3 is 0 Å². The first-order valence-corrected chi connectivity index (χ1v) is 8.93. The molecule has 0 radical (unpaired) electrons. The van der Waals surface area contributed by atoms with Crippen molar-refractivity contribution in [2.75, 3.05) is 0 Å². The van der Waals surface area contributed by atoms with E-state index in [1.165, 1.54) is 0 Å². The number of ether oxygens (including phenoxy) is 1. The summed E-state index contributed by atoms with van der Waals surface area (Å²) in [6.07, 6.45) is 0. The maximum atomic E-state index is 10.1. The molecule has 0 amide bonds. The molecule has 0 aliphatic rings. The summed E-state index contributed by atoms with van der Waals surface area (Å²) in [5.74, 6) is 1.02. The third-order valence-electron chi connectivity index (χ3n) is 2.92. The minimum atomic E-state index is -1.00. The third-order valence-corrected chi connectivity index (χ3v) is 4.99. The lowest BCUT2D eigenvalue weighted by Gasteiger charge is -2.20. The van der Waals surface area contributed by atoms with Crippen molar-refractivity contribution in [2.24, 2.45) is 0 Å². The third kappa shape index (κ3) is 3.97. The fourth-order valence-electron chi connectivity index (χ4n) is 1.73. The summed E-state index contributed by atoms with van der Waals surface area (Å²) in [5, 5.41) is 20.1. The first-order chi connectivity index (χ1) is 10.1. The van der Waals surface area contributed by atoms with Crippen molar-refractivity contribution in [3.63, 3.8) is 0 Å². The number of hydrogen-bond donors (Lipinski definition) is 2. The maximum absolute atomic E-state index is 10.1. The van der Waals surface area contributed by atoms with Crippen LogP contribution in [-0.2, 0) is 5.60 Å². The highest BCUT2D eigenvalue weighted by Gasteiger charge is 2.20. The Bertz CT molecular complexity index is 680. The van der Waals surface area contributed by atoms with E-state index in [2.05, 4.69) is 47.8 Å². The fraction of sp³-hybridized carbons (Fsp3) is 0.200. The van der Waals surface area contributed by atoms with Crippen LogP contribution in [0.4, 0.5) is 0 Å². The minimum Gasteiger partial charge on any atom is -0.506 e. The normalized spacial score (nSPS) is 11.6. The average Bonchev–Trinajstić information content (AvgIpc) is 2.38. The van der Waals surface area contributed by atoms with Crippen LogP contribution in [0.15, 0.2) is 37.7 Å². The van der Waals surface area contributed by atoms with E-state index in [1.54, 1.807) is 38.1 Å². The molecule has 0 spiro atoms. The van der Waals surface area contributed by atoms with Crippen LogP contribution in [0.25, 0.3) is 0 Å². The monoisotopic (exact) mass is 512 g/mol. The van der Waals surface area contributed by atoms with Crippen molar-refractivity contribution in [3.05, 3.63) is 48.3 Å². The van der Waals surface area contributed by atoms with Gasteiger partial charge in [-0.3, -0.25) is 0 Å². The number of aliphatic hydroxyl groups is 1. The molecule has 3 nitrogen and oxygen atoms in total. The van der Waals surface area contributed by atoms with Gasteiger partial charge in [-0.05, 0) is 91.5 Å². The Kier molecular flexibility index (Phi) is 5.50. The first kappa shape index (κ1) is 18.1. The van der Waals surface area contributed by atoms with Crippen molar-refractivity contribution in [2.45, 2.75) is 19.4 Å².